The molecule has 0 bridgehead atoms. The smallest absolute Gasteiger partial charge is 0.335 e. The fourth-order valence-corrected chi connectivity index (χ4v) is 3.54. The third-order valence-corrected chi connectivity index (χ3v) is 5.25. The summed E-state index contributed by atoms with van der Waals surface area (Å²) in [5.41, 5.74) is 0.726. The largest absolute Gasteiger partial charge is 0.482 e. The SMILES string of the molecule is O=C(O)c1ccc2c(c1)CC(C(=O)CNS(=O)(=O)c1ccccc1)O2. The van der Waals surface area contributed by atoms with Crippen LogP contribution in [0.5, 0.6) is 5.75 Å². The molecular formula is C17H15NO6S. The highest BCUT2D eigenvalue weighted by molar-refractivity contribution is 7.89. The van der Waals surface area contributed by atoms with Gasteiger partial charge in [0.25, 0.3) is 0 Å². The minimum absolute atomic E-state index is 0.0736. The van der Waals surface area contributed by atoms with Crippen molar-refractivity contribution in [2.24, 2.45) is 0 Å². The molecule has 0 aliphatic carbocycles. The highest BCUT2D eigenvalue weighted by atomic mass is 32.2. The lowest BCUT2D eigenvalue weighted by Crippen LogP contribution is -2.37. The molecule has 0 aromatic heterocycles. The molecule has 3 rings (SSSR count). The Kier molecular flexibility index (Phi) is 4.56. The molecule has 1 aliphatic heterocycles. The molecule has 130 valence electrons. The van der Waals surface area contributed by atoms with Gasteiger partial charge in [-0.2, -0.15) is 0 Å². The summed E-state index contributed by atoms with van der Waals surface area (Å²) in [4.78, 5) is 23.3. The zero-order chi connectivity index (χ0) is 18.0. The first-order valence-electron chi connectivity index (χ1n) is 7.47. The van der Waals surface area contributed by atoms with Crippen LogP contribution in [0.1, 0.15) is 15.9 Å². The van der Waals surface area contributed by atoms with Gasteiger partial charge in [0, 0.05) is 6.42 Å². The third kappa shape index (κ3) is 3.70. The van der Waals surface area contributed by atoms with Crippen LogP contribution in [0, 0.1) is 0 Å². The predicted molar refractivity (Wildman–Crippen MR) is 88.2 cm³/mol. The summed E-state index contributed by atoms with van der Waals surface area (Å²) in [6.45, 7) is -0.401. The maximum atomic E-state index is 12.2. The van der Waals surface area contributed by atoms with Gasteiger partial charge in [0.15, 0.2) is 11.9 Å². The number of Topliss-reactive ketones (excluding diaryl/α,β-unsaturated/α-hetero) is 1. The molecule has 7 nitrogen and oxygen atoms in total. The van der Waals surface area contributed by atoms with Crippen molar-refractivity contribution in [3.63, 3.8) is 0 Å². The molecule has 25 heavy (non-hydrogen) atoms. The second kappa shape index (κ2) is 6.66. The van der Waals surface area contributed by atoms with Gasteiger partial charge >= 0.3 is 5.97 Å². The van der Waals surface area contributed by atoms with E-state index in [0.29, 0.717) is 11.3 Å². The highest BCUT2D eigenvalue weighted by Gasteiger charge is 2.30. The molecule has 1 atom stereocenters. The number of carboxylic acids is 1. The van der Waals surface area contributed by atoms with Crippen LogP contribution in [0.3, 0.4) is 0 Å². The van der Waals surface area contributed by atoms with Gasteiger partial charge in [0.2, 0.25) is 10.0 Å². The van der Waals surface area contributed by atoms with Crippen molar-refractivity contribution < 1.29 is 27.9 Å². The Morgan fingerprint density at radius 2 is 1.88 bits per heavy atom. The zero-order valence-corrected chi connectivity index (χ0v) is 13.8. The second-order valence-electron chi connectivity index (χ2n) is 5.54. The van der Waals surface area contributed by atoms with Crippen molar-refractivity contribution in [3.8, 4) is 5.75 Å². The van der Waals surface area contributed by atoms with E-state index in [1.54, 1.807) is 18.2 Å². The standard InChI is InChI=1S/C17H15NO6S/c19-14(10-18-25(22,23)13-4-2-1-3-5-13)16-9-12-8-11(17(20)21)6-7-15(12)24-16/h1-8,16,18H,9-10H2,(H,20,21). The van der Waals surface area contributed by atoms with Gasteiger partial charge in [-0.15, -0.1) is 0 Å². The summed E-state index contributed by atoms with van der Waals surface area (Å²) in [5.74, 6) is -1.05. The van der Waals surface area contributed by atoms with Crippen LogP contribution in [-0.4, -0.2) is 37.9 Å². The van der Waals surface area contributed by atoms with Crippen LogP contribution < -0.4 is 9.46 Å². The summed E-state index contributed by atoms with van der Waals surface area (Å²) in [5, 5.41) is 8.99. The van der Waals surface area contributed by atoms with Crippen molar-refractivity contribution >= 4 is 21.8 Å². The maximum Gasteiger partial charge on any atom is 0.335 e. The number of fused-ring (bicyclic) bond motifs is 1. The van der Waals surface area contributed by atoms with E-state index >= 15 is 0 Å². The number of sulfonamides is 1. The predicted octanol–water partition coefficient (Wildman–Crippen LogP) is 1.24. The number of aromatic carboxylic acids is 1. The molecule has 8 heteroatoms. The van der Waals surface area contributed by atoms with Gasteiger partial charge in [-0.3, -0.25) is 4.79 Å². The molecule has 0 saturated heterocycles. The Labute approximate surface area is 144 Å². The molecule has 1 unspecified atom stereocenters. The third-order valence-electron chi connectivity index (χ3n) is 3.83. The van der Waals surface area contributed by atoms with Crippen LogP contribution in [0.15, 0.2) is 53.4 Å². The minimum atomic E-state index is -3.77. The van der Waals surface area contributed by atoms with E-state index in [2.05, 4.69) is 4.72 Å². The molecule has 0 fully saturated rings. The number of ketones is 1. The van der Waals surface area contributed by atoms with Gasteiger partial charge in [-0.1, -0.05) is 18.2 Å². The Morgan fingerprint density at radius 3 is 2.56 bits per heavy atom. The lowest BCUT2D eigenvalue weighted by molar-refractivity contribution is -0.123. The molecule has 2 N–H and O–H groups in total. The Bertz CT molecular complexity index is 923. The quantitative estimate of drug-likeness (QED) is 0.801. The van der Waals surface area contributed by atoms with Crippen LogP contribution >= 0.6 is 0 Å². The molecule has 0 radical (unpaired) electrons. The van der Waals surface area contributed by atoms with E-state index in [4.69, 9.17) is 9.84 Å². The van der Waals surface area contributed by atoms with E-state index in [1.807, 2.05) is 0 Å². The minimum Gasteiger partial charge on any atom is -0.482 e. The molecule has 0 amide bonds. The van der Waals surface area contributed by atoms with E-state index in [0.717, 1.165) is 0 Å². The average molecular weight is 361 g/mol. The zero-order valence-electron chi connectivity index (χ0n) is 13.0. The first-order chi connectivity index (χ1) is 11.9. The fraction of sp³-hybridized carbons (Fsp3) is 0.176. The Hall–Kier alpha value is -2.71. The topological polar surface area (TPSA) is 110 Å². The van der Waals surface area contributed by atoms with Gasteiger partial charge in [0.05, 0.1) is 17.0 Å². The number of nitrogens with one attached hydrogen (secondary N) is 1. The Balaban J connectivity index is 1.64. The van der Waals surface area contributed by atoms with Crippen molar-refractivity contribution in [1.29, 1.82) is 0 Å². The number of hydrogen-bond acceptors (Lipinski definition) is 5. The first kappa shape index (κ1) is 17.1. The van der Waals surface area contributed by atoms with E-state index in [1.165, 1.54) is 30.3 Å². The number of carbonyl (C=O) groups excluding carboxylic acids is 1. The van der Waals surface area contributed by atoms with Crippen molar-refractivity contribution in [2.75, 3.05) is 6.54 Å². The van der Waals surface area contributed by atoms with Crippen LogP contribution in [0.2, 0.25) is 0 Å². The van der Waals surface area contributed by atoms with Crippen LogP contribution in [-0.2, 0) is 21.2 Å². The summed E-state index contributed by atoms with van der Waals surface area (Å²) in [6.07, 6.45) is -0.625. The molecule has 1 aliphatic rings. The summed E-state index contributed by atoms with van der Waals surface area (Å²) in [7, 11) is -3.77. The number of rotatable bonds is 6. The highest BCUT2D eigenvalue weighted by Crippen LogP contribution is 2.30. The fourth-order valence-electron chi connectivity index (χ4n) is 2.52. The van der Waals surface area contributed by atoms with Crippen LogP contribution in [0.4, 0.5) is 0 Å². The average Bonchev–Trinajstić information content (AvgIpc) is 3.03. The van der Waals surface area contributed by atoms with E-state index in [9.17, 15) is 18.0 Å². The molecule has 1 heterocycles. The second-order valence-corrected chi connectivity index (χ2v) is 7.31. The van der Waals surface area contributed by atoms with Gasteiger partial charge < -0.3 is 9.84 Å². The normalized spacial score (nSPS) is 16.1. The van der Waals surface area contributed by atoms with Gasteiger partial charge in [-0.25, -0.2) is 17.9 Å². The summed E-state index contributed by atoms with van der Waals surface area (Å²) in [6, 6.07) is 12.1. The maximum absolute atomic E-state index is 12.2. The summed E-state index contributed by atoms with van der Waals surface area (Å²) < 4.78 is 32.0. The monoisotopic (exact) mass is 361 g/mol. The number of hydrogen-bond donors (Lipinski definition) is 2. The molecular weight excluding hydrogens is 346 g/mol. The number of carbonyl (C=O) groups is 2. The van der Waals surface area contributed by atoms with Crippen molar-refractivity contribution in [1.82, 2.24) is 4.72 Å². The molecule has 0 saturated carbocycles. The number of benzene rings is 2. The van der Waals surface area contributed by atoms with Crippen molar-refractivity contribution in [3.05, 3.63) is 59.7 Å². The number of carboxylic acid groups (broad SMARTS) is 1. The number of ether oxygens (including phenoxy) is 1. The van der Waals surface area contributed by atoms with Crippen molar-refractivity contribution in [2.45, 2.75) is 17.4 Å². The van der Waals surface area contributed by atoms with E-state index < -0.39 is 34.4 Å². The summed E-state index contributed by atoms with van der Waals surface area (Å²) >= 11 is 0. The molecule has 2 aromatic rings. The first-order valence-corrected chi connectivity index (χ1v) is 8.95. The molecule has 2 aromatic carbocycles. The van der Waals surface area contributed by atoms with Crippen LogP contribution in [0.25, 0.3) is 0 Å². The van der Waals surface area contributed by atoms with Gasteiger partial charge in [0.1, 0.15) is 5.75 Å². The molecule has 0 spiro atoms. The lowest BCUT2D eigenvalue weighted by atomic mass is 10.0. The lowest BCUT2D eigenvalue weighted by Gasteiger charge is -2.11. The van der Waals surface area contributed by atoms with Gasteiger partial charge in [-0.05, 0) is 35.9 Å². The van der Waals surface area contributed by atoms with E-state index in [-0.39, 0.29) is 16.9 Å². The Morgan fingerprint density at radius 1 is 1.16 bits per heavy atom.